The topological polar surface area (TPSA) is 289 Å². The Bertz CT molecular complexity index is 1940. The van der Waals surface area contributed by atoms with E-state index >= 15 is 0 Å². The van der Waals surface area contributed by atoms with Crippen molar-refractivity contribution < 1.29 is 38.9 Å². The molecule has 20 nitrogen and oxygen atoms in total. The molecule has 0 radical (unpaired) electrons. The van der Waals surface area contributed by atoms with Gasteiger partial charge in [-0.05, 0) is 46.5 Å². The summed E-state index contributed by atoms with van der Waals surface area (Å²) in [7, 11) is 0. The molecule has 20 heteroatoms. The largest absolute Gasteiger partial charge is 0.321 e. The van der Waals surface area contributed by atoms with Crippen molar-refractivity contribution in [3.8, 4) is 0 Å². The van der Waals surface area contributed by atoms with Crippen LogP contribution in [0.25, 0.3) is 0 Å². The summed E-state index contributed by atoms with van der Waals surface area (Å²) in [5.41, 5.74) is -6.58. The molecule has 0 bridgehead atoms. The number of nitro groups is 4. The molecule has 4 N–H and O–H groups in total. The summed E-state index contributed by atoms with van der Waals surface area (Å²) in [6.07, 6.45) is 0. The first kappa shape index (κ1) is 38.2. The lowest BCUT2D eigenvalue weighted by Gasteiger charge is -2.36. The Morgan fingerprint density at radius 1 is 0.415 bits per heavy atom. The molecule has 0 saturated heterocycles. The quantitative estimate of drug-likeness (QED) is 0.0795. The number of nitrogens with one attached hydrogen (secondary N) is 4. The van der Waals surface area contributed by atoms with Gasteiger partial charge in [-0.3, -0.25) is 59.6 Å². The SMILES string of the molecule is CC(=O)Nc1ccc(C(c2ccc(NC(C)=O)c([N+](=O)[O-])c2)(c2ccc(NC(C)=O)c([N+](=O)[O-])c2)c2ccc(NC(C)=O)c([N+](=O)[O-])c2)cc1[N+](=O)[O-]. The van der Waals surface area contributed by atoms with E-state index in [1.165, 1.54) is 24.3 Å². The molecule has 53 heavy (non-hydrogen) atoms. The maximum atomic E-state index is 12.4. The van der Waals surface area contributed by atoms with E-state index < -0.39 is 71.5 Å². The average Bonchev–Trinajstić information content (AvgIpc) is 3.05. The van der Waals surface area contributed by atoms with Gasteiger partial charge in [0.15, 0.2) is 0 Å². The number of carbonyl (C=O) groups excluding carboxylic acids is 4. The highest BCUT2D eigenvalue weighted by molar-refractivity contribution is 5.94. The van der Waals surface area contributed by atoms with Crippen molar-refractivity contribution in [2.45, 2.75) is 33.1 Å². The van der Waals surface area contributed by atoms with E-state index in [0.717, 1.165) is 76.2 Å². The molecule has 0 atom stereocenters. The number of hydrogen-bond acceptors (Lipinski definition) is 12. The van der Waals surface area contributed by atoms with Crippen LogP contribution in [0.1, 0.15) is 49.9 Å². The van der Waals surface area contributed by atoms with Crippen molar-refractivity contribution in [2.75, 3.05) is 21.3 Å². The first-order valence-corrected chi connectivity index (χ1v) is 15.1. The van der Waals surface area contributed by atoms with Gasteiger partial charge in [0.1, 0.15) is 22.7 Å². The minimum Gasteiger partial charge on any atom is -0.321 e. The van der Waals surface area contributed by atoms with E-state index in [2.05, 4.69) is 21.3 Å². The number of carbonyl (C=O) groups is 4. The zero-order chi connectivity index (χ0) is 39.4. The molecule has 4 amide bonds. The fraction of sp³-hybridized carbons (Fsp3) is 0.152. The third kappa shape index (κ3) is 7.90. The highest BCUT2D eigenvalue weighted by Crippen LogP contribution is 2.50. The van der Waals surface area contributed by atoms with Gasteiger partial charge in [0.05, 0.1) is 25.1 Å². The molecule has 0 heterocycles. The number of amides is 4. The molecule has 4 rings (SSSR count). The summed E-state index contributed by atoms with van der Waals surface area (Å²) in [5, 5.41) is 59.1. The molecular formula is C33H28N8O12. The van der Waals surface area contributed by atoms with E-state index in [9.17, 15) is 59.6 Å². The summed E-state index contributed by atoms with van der Waals surface area (Å²) in [6, 6.07) is 13.6. The van der Waals surface area contributed by atoms with Crippen molar-refractivity contribution >= 4 is 69.1 Å². The second-order valence-electron chi connectivity index (χ2n) is 11.4. The standard InChI is InChI=1S/C33H28N8O12/c1-17(42)34-25-9-5-21(13-29(25)38(46)47)33(22-6-10-26(35-18(2)43)30(14-22)39(48)49,23-7-11-27(36-19(3)44)31(15-23)40(50)51)24-8-12-28(37-20(4)45)32(16-24)41(52)53/h5-16H,1-4H3,(H,34,42)(H,35,43)(H,36,44)(H,37,45). The molecule has 272 valence electrons. The maximum absolute atomic E-state index is 12.4. The van der Waals surface area contributed by atoms with Gasteiger partial charge < -0.3 is 21.3 Å². The smallest absolute Gasteiger partial charge is 0.293 e. The monoisotopic (exact) mass is 728 g/mol. The van der Waals surface area contributed by atoms with Crippen molar-refractivity contribution in [2.24, 2.45) is 0 Å². The van der Waals surface area contributed by atoms with E-state index in [4.69, 9.17) is 0 Å². The van der Waals surface area contributed by atoms with Crippen LogP contribution in [0.3, 0.4) is 0 Å². The van der Waals surface area contributed by atoms with Gasteiger partial charge in [-0.25, -0.2) is 0 Å². The highest BCUT2D eigenvalue weighted by Gasteiger charge is 2.43. The second-order valence-corrected chi connectivity index (χ2v) is 11.4. The Morgan fingerprint density at radius 2 is 0.604 bits per heavy atom. The number of benzene rings is 4. The fourth-order valence-electron chi connectivity index (χ4n) is 5.85. The van der Waals surface area contributed by atoms with E-state index in [1.54, 1.807) is 0 Å². The molecule has 0 unspecified atom stereocenters. The van der Waals surface area contributed by atoms with Gasteiger partial charge >= 0.3 is 0 Å². The van der Waals surface area contributed by atoms with Crippen LogP contribution >= 0.6 is 0 Å². The number of hydrogen-bond donors (Lipinski definition) is 4. The Hall–Kier alpha value is -7.64. The molecule has 0 aliphatic rings. The van der Waals surface area contributed by atoms with Crippen molar-refractivity contribution in [3.05, 3.63) is 136 Å². The summed E-state index contributed by atoms with van der Waals surface area (Å²) in [6.45, 7) is 4.40. The molecule has 0 aliphatic heterocycles. The van der Waals surface area contributed by atoms with Gasteiger partial charge in [-0.15, -0.1) is 0 Å². The Balaban J connectivity index is 2.35. The lowest BCUT2D eigenvalue weighted by atomic mass is 9.64. The fourth-order valence-corrected chi connectivity index (χ4v) is 5.85. The molecule has 0 aromatic heterocycles. The normalized spacial score (nSPS) is 10.8. The average molecular weight is 729 g/mol. The molecule has 0 saturated carbocycles. The van der Waals surface area contributed by atoms with Crippen molar-refractivity contribution in [1.82, 2.24) is 0 Å². The van der Waals surface area contributed by atoms with Gasteiger partial charge in [-0.1, -0.05) is 24.3 Å². The number of anilines is 4. The van der Waals surface area contributed by atoms with Crippen molar-refractivity contribution in [1.29, 1.82) is 0 Å². The number of nitrogens with zero attached hydrogens (tertiary/aromatic N) is 4. The summed E-state index contributed by atoms with van der Waals surface area (Å²) in [4.78, 5) is 94.1. The molecule has 0 fully saturated rings. The molecular weight excluding hydrogens is 700 g/mol. The number of rotatable bonds is 12. The Labute approximate surface area is 297 Å². The van der Waals surface area contributed by atoms with Crippen LogP contribution in [0.15, 0.2) is 72.8 Å². The summed E-state index contributed by atoms with van der Waals surface area (Å²) in [5.74, 6) is -2.70. The maximum Gasteiger partial charge on any atom is 0.293 e. The molecule has 0 spiro atoms. The minimum absolute atomic E-state index is 0.136. The van der Waals surface area contributed by atoms with Gasteiger partial charge in [-0.2, -0.15) is 0 Å². The lowest BCUT2D eigenvalue weighted by molar-refractivity contribution is -0.384. The summed E-state index contributed by atoms with van der Waals surface area (Å²) >= 11 is 0. The Morgan fingerprint density at radius 3 is 0.755 bits per heavy atom. The van der Waals surface area contributed by atoms with Crippen molar-refractivity contribution in [3.63, 3.8) is 0 Å². The predicted molar refractivity (Wildman–Crippen MR) is 189 cm³/mol. The second kappa shape index (κ2) is 15.1. The van der Waals surface area contributed by atoms with Crippen LogP contribution < -0.4 is 21.3 Å². The van der Waals surface area contributed by atoms with Crippen LogP contribution in [0.2, 0.25) is 0 Å². The van der Waals surface area contributed by atoms with Crippen LogP contribution in [0.5, 0.6) is 0 Å². The van der Waals surface area contributed by atoms with Crippen LogP contribution in [-0.4, -0.2) is 43.3 Å². The highest BCUT2D eigenvalue weighted by atomic mass is 16.6. The third-order valence-corrected chi connectivity index (χ3v) is 7.75. The zero-order valence-corrected chi connectivity index (χ0v) is 28.1. The first-order valence-electron chi connectivity index (χ1n) is 15.1. The Kier molecular flexibility index (Phi) is 10.9. The molecule has 0 aliphatic carbocycles. The zero-order valence-electron chi connectivity index (χ0n) is 28.1. The van der Waals surface area contributed by atoms with Crippen LogP contribution in [-0.2, 0) is 24.6 Å². The van der Waals surface area contributed by atoms with Crippen LogP contribution in [0, 0.1) is 40.5 Å². The van der Waals surface area contributed by atoms with Crippen LogP contribution in [0.4, 0.5) is 45.5 Å². The predicted octanol–water partition coefficient (Wildman–Crippen LogP) is 5.54. The van der Waals surface area contributed by atoms with E-state index in [-0.39, 0.29) is 45.0 Å². The first-order chi connectivity index (χ1) is 24.9. The van der Waals surface area contributed by atoms with E-state index in [1.807, 2.05) is 0 Å². The lowest BCUT2D eigenvalue weighted by Crippen LogP contribution is -2.32. The third-order valence-electron chi connectivity index (χ3n) is 7.75. The molecule has 4 aromatic carbocycles. The summed E-state index contributed by atoms with van der Waals surface area (Å²) < 4.78 is 0. The van der Waals surface area contributed by atoms with Gasteiger partial charge in [0.25, 0.3) is 22.7 Å². The molecule has 4 aromatic rings. The van der Waals surface area contributed by atoms with Gasteiger partial charge in [0, 0.05) is 52.0 Å². The minimum atomic E-state index is -2.17. The van der Waals surface area contributed by atoms with E-state index in [0.29, 0.717) is 0 Å². The van der Waals surface area contributed by atoms with Gasteiger partial charge in [0.2, 0.25) is 23.6 Å². The number of nitro benzene ring substituents is 4.